The molecule has 0 aliphatic carbocycles. The van der Waals surface area contributed by atoms with Crippen LogP contribution < -0.4 is 0 Å². The van der Waals surface area contributed by atoms with E-state index in [1.165, 1.54) is 18.5 Å². The predicted octanol–water partition coefficient (Wildman–Crippen LogP) is 1.13. The van der Waals surface area contributed by atoms with Crippen molar-refractivity contribution in [3.05, 3.63) is 24.4 Å². The zero-order valence-corrected chi connectivity index (χ0v) is 7.52. The molecule has 3 nitrogen and oxygen atoms in total. The van der Waals surface area contributed by atoms with Crippen molar-refractivity contribution < 1.29 is 8.42 Å². The Morgan fingerprint density at radius 2 is 2.18 bits per heavy atom. The number of rotatable bonds is 2. The van der Waals surface area contributed by atoms with Gasteiger partial charge in [-0.25, -0.2) is 13.4 Å². The third-order valence-electron chi connectivity index (χ3n) is 1.11. The largest absolute Gasteiger partial charge is 0.247 e. The van der Waals surface area contributed by atoms with Gasteiger partial charge in [0.25, 0.3) is 0 Å². The molecule has 11 heavy (non-hydrogen) atoms. The first-order valence-electron chi connectivity index (χ1n) is 2.88. The molecule has 1 heterocycles. The second kappa shape index (κ2) is 3.23. The predicted molar refractivity (Wildman–Crippen MR) is 44.9 cm³/mol. The minimum absolute atomic E-state index is 0.118. The van der Waals surface area contributed by atoms with Crippen LogP contribution >= 0.6 is 10.8 Å². The van der Waals surface area contributed by atoms with Crippen LogP contribution in [0.15, 0.2) is 29.4 Å². The Bertz CT molecular complexity index is 320. The van der Waals surface area contributed by atoms with Gasteiger partial charge in [0.1, 0.15) is 0 Å². The van der Waals surface area contributed by atoms with Gasteiger partial charge in [-0.05, 0) is 29.2 Å². The molecule has 0 fully saturated rings. The normalized spacial score (nSPS) is 11.4. The van der Waals surface area contributed by atoms with Gasteiger partial charge in [-0.15, -0.1) is 0 Å². The SMILES string of the molecule is CSS(=O)(=O)c1ccccn1. The maximum atomic E-state index is 11.1. The van der Waals surface area contributed by atoms with Crippen LogP contribution in [0.5, 0.6) is 0 Å². The molecule has 5 heteroatoms. The fraction of sp³-hybridized carbons (Fsp3) is 0.167. The Hall–Kier alpha value is -0.550. The van der Waals surface area contributed by atoms with Gasteiger partial charge < -0.3 is 0 Å². The molecule has 0 saturated heterocycles. The number of aromatic nitrogens is 1. The van der Waals surface area contributed by atoms with Crippen molar-refractivity contribution in [1.82, 2.24) is 4.98 Å². The highest BCUT2D eigenvalue weighted by Gasteiger charge is 2.11. The van der Waals surface area contributed by atoms with Gasteiger partial charge in [0, 0.05) is 6.20 Å². The van der Waals surface area contributed by atoms with Crippen LogP contribution in [0.1, 0.15) is 0 Å². The van der Waals surface area contributed by atoms with Crippen molar-refractivity contribution in [3.8, 4) is 0 Å². The lowest BCUT2D eigenvalue weighted by Crippen LogP contribution is -1.95. The van der Waals surface area contributed by atoms with Gasteiger partial charge in [-0.2, -0.15) is 0 Å². The Morgan fingerprint density at radius 1 is 1.45 bits per heavy atom. The molecule has 0 bridgehead atoms. The summed E-state index contributed by atoms with van der Waals surface area (Å²) in [5.74, 6) is 0. The molecule has 0 radical (unpaired) electrons. The molecule has 0 aliphatic rings. The smallest absolute Gasteiger partial charge is 0.244 e. The van der Waals surface area contributed by atoms with E-state index >= 15 is 0 Å². The quantitative estimate of drug-likeness (QED) is 0.654. The lowest BCUT2D eigenvalue weighted by molar-refractivity contribution is 0.607. The molecule has 60 valence electrons. The minimum Gasteiger partial charge on any atom is -0.244 e. The zero-order valence-electron chi connectivity index (χ0n) is 5.89. The number of hydrogen-bond donors (Lipinski definition) is 0. The van der Waals surface area contributed by atoms with Crippen LogP contribution in [0.25, 0.3) is 0 Å². The average Bonchev–Trinajstić information content (AvgIpc) is 2.06. The van der Waals surface area contributed by atoms with Crippen molar-refractivity contribution in [2.75, 3.05) is 6.26 Å². The van der Waals surface area contributed by atoms with E-state index < -0.39 is 8.87 Å². The van der Waals surface area contributed by atoms with Gasteiger partial charge in [-0.1, -0.05) is 6.07 Å². The van der Waals surface area contributed by atoms with Crippen LogP contribution in [0.2, 0.25) is 0 Å². The fourth-order valence-electron chi connectivity index (χ4n) is 0.580. The van der Waals surface area contributed by atoms with E-state index in [0.717, 1.165) is 10.8 Å². The van der Waals surface area contributed by atoms with E-state index in [0.29, 0.717) is 0 Å². The summed E-state index contributed by atoms with van der Waals surface area (Å²) in [6.07, 6.45) is 2.98. The van der Waals surface area contributed by atoms with E-state index in [2.05, 4.69) is 4.98 Å². The van der Waals surface area contributed by atoms with E-state index in [-0.39, 0.29) is 5.03 Å². The first-order valence-corrected chi connectivity index (χ1v) is 6.11. The molecule has 0 aliphatic heterocycles. The van der Waals surface area contributed by atoms with Gasteiger partial charge >= 0.3 is 0 Å². The van der Waals surface area contributed by atoms with Crippen LogP contribution in [0, 0.1) is 0 Å². The number of hydrogen-bond acceptors (Lipinski definition) is 4. The Balaban J connectivity index is 3.14. The van der Waals surface area contributed by atoms with Crippen LogP contribution in [0.4, 0.5) is 0 Å². The Morgan fingerprint density at radius 3 is 2.64 bits per heavy atom. The number of nitrogens with zero attached hydrogens (tertiary/aromatic N) is 1. The summed E-state index contributed by atoms with van der Waals surface area (Å²) in [6, 6.07) is 4.81. The standard InChI is InChI=1S/C6H7NO2S2/c1-10-11(8,9)6-4-2-3-5-7-6/h2-5H,1H3. The summed E-state index contributed by atoms with van der Waals surface area (Å²) < 4.78 is 22.2. The van der Waals surface area contributed by atoms with Gasteiger partial charge in [0.15, 0.2) is 5.03 Å². The maximum Gasteiger partial charge on any atom is 0.247 e. The first-order chi connectivity index (χ1) is 5.17. The Kier molecular flexibility index (Phi) is 2.51. The molecule has 0 spiro atoms. The third-order valence-corrected chi connectivity index (χ3v) is 4.13. The van der Waals surface area contributed by atoms with E-state index in [9.17, 15) is 8.42 Å². The molecule has 0 N–H and O–H groups in total. The second-order valence-corrected chi connectivity index (χ2v) is 5.77. The molecule has 0 atom stereocenters. The highest BCUT2D eigenvalue weighted by Crippen LogP contribution is 2.16. The lowest BCUT2D eigenvalue weighted by Gasteiger charge is -1.96. The molecule has 1 rings (SSSR count). The topological polar surface area (TPSA) is 47.0 Å². The summed E-state index contributed by atoms with van der Waals surface area (Å²) in [7, 11) is -2.40. The molecule has 1 aromatic heterocycles. The summed E-state index contributed by atoms with van der Waals surface area (Å²) >= 11 is 0. The lowest BCUT2D eigenvalue weighted by atomic mass is 10.5. The van der Waals surface area contributed by atoms with Crippen molar-refractivity contribution in [1.29, 1.82) is 0 Å². The molecule has 0 aromatic carbocycles. The molecule has 0 unspecified atom stereocenters. The van der Waals surface area contributed by atoms with Gasteiger partial charge in [0.2, 0.25) is 8.87 Å². The van der Waals surface area contributed by atoms with Crippen molar-refractivity contribution in [2.45, 2.75) is 5.03 Å². The number of pyridine rings is 1. The van der Waals surface area contributed by atoms with E-state index in [1.54, 1.807) is 12.1 Å². The molecule has 1 aromatic rings. The molecule has 0 amide bonds. The minimum atomic E-state index is -3.19. The van der Waals surface area contributed by atoms with Crippen molar-refractivity contribution in [2.24, 2.45) is 0 Å². The van der Waals surface area contributed by atoms with Crippen LogP contribution in [0.3, 0.4) is 0 Å². The monoisotopic (exact) mass is 189 g/mol. The summed E-state index contributed by atoms with van der Waals surface area (Å²) in [4.78, 5) is 3.71. The van der Waals surface area contributed by atoms with E-state index in [1.807, 2.05) is 0 Å². The third kappa shape index (κ3) is 1.94. The zero-order chi connectivity index (χ0) is 8.32. The van der Waals surface area contributed by atoms with Gasteiger partial charge in [0.05, 0.1) is 0 Å². The Labute approximate surface area is 69.2 Å². The summed E-state index contributed by atoms with van der Waals surface area (Å²) in [5.41, 5.74) is 0. The summed E-state index contributed by atoms with van der Waals surface area (Å²) in [5, 5.41) is 0.118. The second-order valence-electron chi connectivity index (χ2n) is 1.79. The highest BCUT2D eigenvalue weighted by molar-refractivity contribution is 8.71. The molecular formula is C6H7NO2S2. The molecule has 0 saturated carbocycles. The highest BCUT2D eigenvalue weighted by atomic mass is 33.1. The maximum absolute atomic E-state index is 11.1. The van der Waals surface area contributed by atoms with Crippen molar-refractivity contribution >= 4 is 19.7 Å². The first kappa shape index (κ1) is 8.55. The van der Waals surface area contributed by atoms with Crippen LogP contribution in [-0.2, 0) is 8.87 Å². The van der Waals surface area contributed by atoms with Crippen molar-refractivity contribution in [3.63, 3.8) is 0 Å². The fourth-order valence-corrected chi connectivity index (χ4v) is 1.99. The molecular weight excluding hydrogens is 182 g/mol. The van der Waals surface area contributed by atoms with Gasteiger partial charge in [-0.3, -0.25) is 0 Å². The summed E-state index contributed by atoms with van der Waals surface area (Å²) in [6.45, 7) is 0. The average molecular weight is 189 g/mol. The van der Waals surface area contributed by atoms with E-state index in [4.69, 9.17) is 0 Å². The van der Waals surface area contributed by atoms with Crippen LogP contribution in [-0.4, -0.2) is 19.7 Å².